The van der Waals surface area contributed by atoms with Crippen molar-refractivity contribution in [1.29, 1.82) is 0 Å². The molecule has 5 rings (SSSR count). The first-order valence-electron chi connectivity index (χ1n) is 18.0. The van der Waals surface area contributed by atoms with E-state index in [1.54, 1.807) is 88.5 Å². The van der Waals surface area contributed by atoms with Gasteiger partial charge in [0.2, 0.25) is 25.9 Å². The Kier molecular flexibility index (Phi) is 14.6. The second kappa shape index (κ2) is 19.0. The van der Waals surface area contributed by atoms with Crippen molar-refractivity contribution in [1.82, 2.24) is 29.2 Å². The van der Waals surface area contributed by atoms with Crippen molar-refractivity contribution < 1.29 is 45.7 Å². The molecule has 316 valence electrons. The fourth-order valence-corrected chi connectivity index (χ4v) is 10.8. The van der Waals surface area contributed by atoms with E-state index < -0.39 is 60.1 Å². The lowest BCUT2D eigenvalue weighted by atomic mass is 9.84. The Labute approximate surface area is 357 Å². The maximum atomic E-state index is 15.5. The highest BCUT2D eigenvalue weighted by Gasteiger charge is 2.41. The van der Waals surface area contributed by atoms with Crippen molar-refractivity contribution >= 4 is 48.7 Å². The molecule has 59 heavy (non-hydrogen) atoms. The molecular weight excluding hydrogens is 918 g/mol. The number of halogens is 1. The molecule has 1 aromatic heterocycles. The number of hydrogen-bond acceptors (Lipinski definition) is 13. The van der Waals surface area contributed by atoms with E-state index in [9.17, 15) is 18.3 Å². The number of tetrazole rings is 1. The molecule has 2 atom stereocenters. The van der Waals surface area contributed by atoms with E-state index in [1.807, 2.05) is 34.7 Å². The van der Waals surface area contributed by atoms with Crippen molar-refractivity contribution in [2.45, 2.75) is 62.3 Å². The molecule has 1 heterocycles. The number of ether oxygens (including phenoxy) is 4. The lowest BCUT2D eigenvalue weighted by molar-refractivity contribution is 0.0253. The molecule has 0 bridgehead atoms. The number of hydrogen-bond donors (Lipinski definition) is 3. The number of benzene rings is 4. The van der Waals surface area contributed by atoms with Crippen molar-refractivity contribution in [3.63, 3.8) is 0 Å². The number of amides is 1. The van der Waals surface area contributed by atoms with Crippen molar-refractivity contribution in [2.24, 2.45) is 11.1 Å². The minimum atomic E-state index is -4.85. The summed E-state index contributed by atoms with van der Waals surface area (Å²) in [6.45, 7) is 4.09. The van der Waals surface area contributed by atoms with Crippen LogP contribution in [-0.4, -0.2) is 92.6 Å². The smallest absolute Gasteiger partial charge is 0.404 e. The zero-order chi connectivity index (χ0) is 43.1. The molecule has 5 aromatic rings. The van der Waals surface area contributed by atoms with Gasteiger partial charge in [0.1, 0.15) is 39.8 Å². The maximum Gasteiger partial charge on any atom is 0.404 e. The Morgan fingerprint density at radius 2 is 1.32 bits per heavy atom. The number of aromatic nitrogens is 4. The number of rotatable bonds is 18. The second-order valence-electron chi connectivity index (χ2n) is 14.4. The summed E-state index contributed by atoms with van der Waals surface area (Å²) in [5.74, 6) is 1.60. The van der Waals surface area contributed by atoms with Gasteiger partial charge >= 0.3 is 6.09 Å². The van der Waals surface area contributed by atoms with Crippen LogP contribution in [0.4, 0.5) is 4.79 Å². The average Bonchev–Trinajstić information content (AvgIpc) is 3.66. The first-order chi connectivity index (χ1) is 27.9. The van der Waals surface area contributed by atoms with E-state index in [-0.39, 0.29) is 31.0 Å². The zero-order valence-electron chi connectivity index (χ0n) is 33.2. The highest BCUT2D eigenvalue weighted by molar-refractivity contribution is 14.1. The van der Waals surface area contributed by atoms with Gasteiger partial charge < -0.3 is 29.8 Å². The maximum absolute atomic E-state index is 15.5. The lowest BCUT2D eigenvalue weighted by Crippen LogP contribution is -2.53. The van der Waals surface area contributed by atoms with Gasteiger partial charge in [-0.2, -0.15) is 9.10 Å². The highest BCUT2D eigenvalue weighted by Crippen LogP contribution is 2.38. The molecule has 2 unspecified atom stereocenters. The van der Waals surface area contributed by atoms with E-state index in [4.69, 9.17) is 24.7 Å². The third kappa shape index (κ3) is 11.2. The van der Waals surface area contributed by atoms with Crippen LogP contribution in [0, 0.1) is 8.99 Å². The van der Waals surface area contributed by atoms with E-state index in [0.717, 1.165) is 9.87 Å². The first-order valence-corrected chi connectivity index (χ1v) is 22.0. The topological polar surface area (TPSA) is 227 Å². The first kappa shape index (κ1) is 45.2. The highest BCUT2D eigenvalue weighted by atomic mass is 127. The number of nitrogens with zero attached hydrogens (tertiary/aromatic N) is 5. The molecule has 0 aliphatic heterocycles. The number of nitrogens with two attached hydrogens (primary N) is 1. The lowest BCUT2D eigenvalue weighted by Gasteiger charge is -2.35. The number of aliphatic hydroxyl groups excluding tert-OH is 1. The minimum Gasteiger partial charge on any atom is -0.497 e. The molecule has 0 saturated heterocycles. The van der Waals surface area contributed by atoms with Gasteiger partial charge in [-0.25, -0.2) is 26.4 Å². The Morgan fingerprint density at radius 1 is 0.831 bits per heavy atom. The molecule has 0 aliphatic carbocycles. The number of carbonyl (C=O) groups excluding carboxylic acids is 1. The number of nitrogens with one attached hydrogen (secondary N) is 1. The van der Waals surface area contributed by atoms with Gasteiger partial charge in [0.25, 0.3) is 0 Å². The summed E-state index contributed by atoms with van der Waals surface area (Å²) in [6.07, 6.45) is -2.75. The normalized spacial score (nSPS) is 13.2. The van der Waals surface area contributed by atoms with Gasteiger partial charge in [0, 0.05) is 16.7 Å². The standard InChI is InChI=1S/C39H46IN7O10S2/c1-39(2,3)36(32(48)24-57-38(41)49)44-58(50,51)33-20-19-31(40)34(37-42-45-47(43-37)23-27-11-17-30(56-6)18-12-27)35(33)59(52,53)46(21-25-7-13-28(54-4)14-8-25)22-26-9-15-29(55-5)16-10-26/h7-20,32,36,44,48H,21-24H2,1-6H3,(H2,41,49). The fraction of sp³-hybridized carbons (Fsp3) is 0.333. The largest absolute Gasteiger partial charge is 0.497 e. The van der Waals surface area contributed by atoms with Gasteiger partial charge in [-0.05, 0) is 98.4 Å². The minimum absolute atomic E-state index is 0.117. The number of sulfonamides is 2. The molecule has 0 spiro atoms. The monoisotopic (exact) mass is 963 g/mol. The van der Waals surface area contributed by atoms with Crippen LogP contribution in [0.5, 0.6) is 17.2 Å². The number of carbonyl (C=O) groups is 1. The number of methoxy groups -OCH3 is 3. The van der Waals surface area contributed by atoms with Crippen LogP contribution in [0.15, 0.2) is 94.7 Å². The van der Waals surface area contributed by atoms with Crippen molar-refractivity contribution in [2.75, 3.05) is 27.9 Å². The van der Waals surface area contributed by atoms with E-state index in [2.05, 4.69) is 20.1 Å². The molecule has 0 saturated carbocycles. The molecule has 4 aromatic carbocycles. The van der Waals surface area contributed by atoms with Crippen LogP contribution < -0.4 is 24.7 Å². The van der Waals surface area contributed by atoms with Gasteiger partial charge in [0.05, 0.1) is 39.5 Å². The summed E-state index contributed by atoms with van der Waals surface area (Å²) in [5, 5.41) is 24.1. The van der Waals surface area contributed by atoms with Crippen LogP contribution in [0.25, 0.3) is 11.4 Å². The predicted molar refractivity (Wildman–Crippen MR) is 226 cm³/mol. The van der Waals surface area contributed by atoms with Gasteiger partial charge in [-0.15, -0.1) is 10.2 Å². The molecule has 1 amide bonds. The Hall–Kier alpha value is -4.87. The molecule has 0 aliphatic rings. The van der Waals surface area contributed by atoms with E-state index in [1.165, 1.54) is 31.1 Å². The van der Waals surface area contributed by atoms with Crippen LogP contribution in [0.3, 0.4) is 0 Å². The molecule has 0 radical (unpaired) electrons. The third-order valence-electron chi connectivity index (χ3n) is 9.15. The number of primary amides is 1. The van der Waals surface area contributed by atoms with Crippen molar-refractivity contribution in [3.05, 3.63) is 105 Å². The summed E-state index contributed by atoms with van der Waals surface area (Å²) >= 11 is 1.91. The average molecular weight is 964 g/mol. The van der Waals surface area contributed by atoms with Crippen LogP contribution in [-0.2, 0) is 44.4 Å². The van der Waals surface area contributed by atoms with E-state index in [0.29, 0.717) is 31.9 Å². The van der Waals surface area contributed by atoms with Crippen LogP contribution >= 0.6 is 22.6 Å². The van der Waals surface area contributed by atoms with Crippen LogP contribution in [0.2, 0.25) is 0 Å². The summed E-state index contributed by atoms with van der Waals surface area (Å²) < 4.78 is 85.2. The summed E-state index contributed by atoms with van der Waals surface area (Å²) in [6, 6.07) is 22.1. The Balaban J connectivity index is 1.72. The second-order valence-corrected chi connectivity index (χ2v) is 19.1. The molecular formula is C39H46IN7O10S2. The third-order valence-corrected chi connectivity index (χ3v) is 13.5. The quantitative estimate of drug-likeness (QED) is 0.103. The van der Waals surface area contributed by atoms with Gasteiger partial charge in [-0.1, -0.05) is 57.2 Å². The summed E-state index contributed by atoms with van der Waals surface area (Å²) in [7, 11) is -5.12. The van der Waals surface area contributed by atoms with E-state index >= 15 is 8.42 Å². The van der Waals surface area contributed by atoms with Gasteiger partial charge in [-0.3, -0.25) is 0 Å². The predicted octanol–water partition coefficient (Wildman–Crippen LogP) is 4.56. The Morgan fingerprint density at radius 3 is 1.78 bits per heavy atom. The van der Waals surface area contributed by atoms with Crippen molar-refractivity contribution in [3.8, 4) is 28.6 Å². The fourth-order valence-electron chi connectivity index (χ4n) is 6.07. The SMILES string of the molecule is COc1ccc(CN(Cc2ccc(OC)cc2)S(=O)(=O)c2c(S(=O)(=O)NC(C(O)COC(N)=O)C(C)(C)C)ccc(I)c2-c2nnn(Cc3ccc(OC)cc3)n2)cc1. The molecule has 0 fully saturated rings. The summed E-state index contributed by atoms with van der Waals surface area (Å²) in [4.78, 5) is 11.4. The molecule has 20 heteroatoms. The van der Waals surface area contributed by atoms with Gasteiger partial charge in [0.15, 0.2) is 0 Å². The van der Waals surface area contributed by atoms with Crippen LogP contribution in [0.1, 0.15) is 37.5 Å². The molecule has 17 nitrogen and oxygen atoms in total. The molecule has 4 N–H and O–H groups in total. The summed E-state index contributed by atoms with van der Waals surface area (Å²) in [5.41, 5.74) is 5.96. The Bertz CT molecular complexity index is 2390. The number of aliphatic hydroxyl groups is 1. The zero-order valence-corrected chi connectivity index (χ0v) is 37.0.